The summed E-state index contributed by atoms with van der Waals surface area (Å²) in [6.45, 7) is 3.88. The molecule has 0 bridgehead atoms. The molecular formula is C16H22FNO3. The largest absolute Gasteiger partial charge is 0.490 e. The zero-order chi connectivity index (χ0) is 14.9. The van der Waals surface area contributed by atoms with Crippen LogP contribution >= 0.6 is 0 Å². The molecule has 2 fully saturated rings. The molecule has 1 spiro atoms. The second-order valence-corrected chi connectivity index (χ2v) is 6.04. The van der Waals surface area contributed by atoms with Gasteiger partial charge in [-0.05, 0) is 25.1 Å². The van der Waals surface area contributed by atoms with Crippen molar-refractivity contribution in [1.82, 2.24) is 0 Å². The van der Waals surface area contributed by atoms with E-state index in [2.05, 4.69) is 0 Å². The number of benzene rings is 1. The van der Waals surface area contributed by atoms with E-state index in [-0.39, 0.29) is 23.6 Å². The highest BCUT2D eigenvalue weighted by atomic mass is 19.1. The Hall–Kier alpha value is -1.17. The van der Waals surface area contributed by atoms with E-state index in [9.17, 15) is 4.39 Å². The lowest BCUT2D eigenvalue weighted by Crippen LogP contribution is -2.44. The van der Waals surface area contributed by atoms with Crippen LogP contribution in [0.3, 0.4) is 0 Å². The lowest BCUT2D eigenvalue weighted by Gasteiger charge is -2.37. The summed E-state index contributed by atoms with van der Waals surface area (Å²) < 4.78 is 30.9. The van der Waals surface area contributed by atoms with E-state index in [1.165, 1.54) is 12.1 Å². The van der Waals surface area contributed by atoms with Crippen molar-refractivity contribution in [2.45, 2.75) is 43.9 Å². The van der Waals surface area contributed by atoms with Crippen molar-refractivity contribution in [3.05, 3.63) is 29.6 Å². The third-order valence-corrected chi connectivity index (χ3v) is 4.27. The van der Waals surface area contributed by atoms with Gasteiger partial charge in [-0.25, -0.2) is 4.39 Å². The summed E-state index contributed by atoms with van der Waals surface area (Å²) in [6.07, 6.45) is 2.61. The Morgan fingerprint density at radius 2 is 2.29 bits per heavy atom. The number of nitrogens with two attached hydrogens (primary N) is 1. The highest BCUT2D eigenvalue weighted by molar-refractivity contribution is 5.36. The number of hydrogen-bond donors (Lipinski definition) is 1. The lowest BCUT2D eigenvalue weighted by atomic mass is 9.91. The molecule has 1 aromatic rings. The maximum absolute atomic E-state index is 13.4. The van der Waals surface area contributed by atoms with Crippen LogP contribution in [0.2, 0.25) is 0 Å². The Morgan fingerprint density at radius 1 is 1.43 bits per heavy atom. The Kier molecular flexibility index (Phi) is 4.15. The molecule has 4 nitrogen and oxygen atoms in total. The van der Waals surface area contributed by atoms with Gasteiger partial charge in [-0.2, -0.15) is 0 Å². The van der Waals surface area contributed by atoms with Crippen LogP contribution in [0.25, 0.3) is 0 Å². The van der Waals surface area contributed by atoms with Gasteiger partial charge in [0.05, 0.1) is 18.8 Å². The Labute approximate surface area is 124 Å². The van der Waals surface area contributed by atoms with Crippen LogP contribution in [0.5, 0.6) is 5.75 Å². The first-order chi connectivity index (χ1) is 10.1. The van der Waals surface area contributed by atoms with Crippen molar-refractivity contribution in [2.24, 2.45) is 5.73 Å². The summed E-state index contributed by atoms with van der Waals surface area (Å²) in [5.74, 6) is 0.384. The number of ether oxygens (including phenoxy) is 3. The van der Waals surface area contributed by atoms with Gasteiger partial charge in [-0.1, -0.05) is 0 Å². The lowest BCUT2D eigenvalue weighted by molar-refractivity contribution is -0.112. The Balaban J connectivity index is 1.74. The van der Waals surface area contributed by atoms with Crippen molar-refractivity contribution in [2.75, 3.05) is 19.8 Å². The van der Waals surface area contributed by atoms with Crippen LogP contribution in [0.4, 0.5) is 4.39 Å². The SMILES string of the molecule is C[C@H](N)c1cc(F)ccc1OC1CCOC2(CCOC2)C1. The highest BCUT2D eigenvalue weighted by Crippen LogP contribution is 2.35. The molecule has 0 amide bonds. The molecule has 2 unspecified atom stereocenters. The van der Waals surface area contributed by atoms with Gasteiger partial charge in [0.25, 0.3) is 0 Å². The van der Waals surface area contributed by atoms with Crippen molar-refractivity contribution in [3.63, 3.8) is 0 Å². The van der Waals surface area contributed by atoms with E-state index in [0.29, 0.717) is 24.5 Å². The fraction of sp³-hybridized carbons (Fsp3) is 0.625. The van der Waals surface area contributed by atoms with Gasteiger partial charge >= 0.3 is 0 Å². The van der Waals surface area contributed by atoms with Gasteiger partial charge in [-0.15, -0.1) is 0 Å². The minimum absolute atomic E-state index is 0.0587. The zero-order valence-electron chi connectivity index (χ0n) is 12.3. The van der Waals surface area contributed by atoms with E-state index in [1.807, 2.05) is 6.92 Å². The standard InChI is InChI=1S/C16H22FNO3/c1-11(18)14-8-12(17)2-3-15(14)21-13-4-6-20-16(9-13)5-7-19-10-16/h2-3,8,11,13H,4-7,9-10,18H2,1H3/t11-,13?,16?/m0/s1. The first-order valence-electron chi connectivity index (χ1n) is 7.51. The molecule has 2 saturated heterocycles. The van der Waals surface area contributed by atoms with Crippen molar-refractivity contribution < 1.29 is 18.6 Å². The van der Waals surface area contributed by atoms with Crippen LogP contribution in [0.15, 0.2) is 18.2 Å². The van der Waals surface area contributed by atoms with E-state index >= 15 is 0 Å². The van der Waals surface area contributed by atoms with E-state index in [1.54, 1.807) is 6.07 Å². The summed E-state index contributed by atoms with van der Waals surface area (Å²) in [5.41, 5.74) is 6.42. The summed E-state index contributed by atoms with van der Waals surface area (Å²) in [6, 6.07) is 4.27. The Morgan fingerprint density at radius 3 is 3.00 bits per heavy atom. The first kappa shape index (κ1) is 14.8. The minimum Gasteiger partial charge on any atom is -0.490 e. The second kappa shape index (κ2) is 5.91. The molecule has 5 heteroatoms. The summed E-state index contributed by atoms with van der Waals surface area (Å²) >= 11 is 0. The molecule has 2 heterocycles. The van der Waals surface area contributed by atoms with Crippen molar-refractivity contribution in [3.8, 4) is 5.75 Å². The van der Waals surface area contributed by atoms with Gasteiger partial charge in [0.2, 0.25) is 0 Å². The zero-order valence-corrected chi connectivity index (χ0v) is 12.3. The van der Waals surface area contributed by atoms with Crippen LogP contribution in [0, 0.1) is 5.82 Å². The molecule has 1 aromatic carbocycles. The molecule has 21 heavy (non-hydrogen) atoms. The van der Waals surface area contributed by atoms with Crippen molar-refractivity contribution in [1.29, 1.82) is 0 Å². The van der Waals surface area contributed by atoms with E-state index in [4.69, 9.17) is 19.9 Å². The molecule has 2 N–H and O–H groups in total. The van der Waals surface area contributed by atoms with Gasteiger partial charge in [0.1, 0.15) is 17.7 Å². The molecule has 0 saturated carbocycles. The van der Waals surface area contributed by atoms with Crippen LogP contribution in [-0.4, -0.2) is 31.5 Å². The van der Waals surface area contributed by atoms with Gasteiger partial charge < -0.3 is 19.9 Å². The number of halogens is 1. The summed E-state index contributed by atoms with van der Waals surface area (Å²) in [7, 11) is 0. The quantitative estimate of drug-likeness (QED) is 0.931. The van der Waals surface area contributed by atoms with E-state index < -0.39 is 0 Å². The first-order valence-corrected chi connectivity index (χ1v) is 7.51. The third kappa shape index (κ3) is 3.20. The molecule has 2 aliphatic heterocycles. The molecule has 0 aliphatic carbocycles. The minimum atomic E-state index is -0.290. The van der Waals surface area contributed by atoms with Crippen LogP contribution < -0.4 is 10.5 Å². The van der Waals surface area contributed by atoms with E-state index in [0.717, 1.165) is 25.9 Å². The van der Waals surface area contributed by atoms with Gasteiger partial charge in [0.15, 0.2) is 0 Å². The molecule has 3 rings (SSSR count). The van der Waals surface area contributed by atoms with Gasteiger partial charge in [0, 0.05) is 37.5 Å². The molecule has 3 atom stereocenters. The van der Waals surface area contributed by atoms with Crippen molar-refractivity contribution >= 4 is 0 Å². The number of hydrogen-bond acceptors (Lipinski definition) is 4. The molecule has 0 radical (unpaired) electrons. The monoisotopic (exact) mass is 295 g/mol. The Bertz CT molecular complexity index is 500. The average Bonchev–Trinajstić information content (AvgIpc) is 2.88. The maximum Gasteiger partial charge on any atom is 0.124 e. The molecule has 2 aliphatic rings. The predicted octanol–water partition coefficient (Wildman–Crippen LogP) is 2.56. The normalized spacial score (nSPS) is 30.5. The summed E-state index contributed by atoms with van der Waals surface area (Å²) in [5, 5.41) is 0. The average molecular weight is 295 g/mol. The smallest absolute Gasteiger partial charge is 0.124 e. The molecular weight excluding hydrogens is 273 g/mol. The summed E-state index contributed by atoms with van der Waals surface area (Å²) in [4.78, 5) is 0. The maximum atomic E-state index is 13.4. The second-order valence-electron chi connectivity index (χ2n) is 6.04. The molecule has 0 aromatic heterocycles. The van der Waals surface area contributed by atoms with Gasteiger partial charge in [-0.3, -0.25) is 0 Å². The third-order valence-electron chi connectivity index (χ3n) is 4.27. The predicted molar refractivity (Wildman–Crippen MR) is 76.8 cm³/mol. The molecule has 116 valence electrons. The van der Waals surface area contributed by atoms with Crippen LogP contribution in [0.1, 0.15) is 37.8 Å². The fourth-order valence-corrected chi connectivity index (χ4v) is 3.11. The van der Waals surface area contributed by atoms with Crippen LogP contribution in [-0.2, 0) is 9.47 Å². The highest BCUT2D eigenvalue weighted by Gasteiger charge is 2.42. The number of rotatable bonds is 3. The topological polar surface area (TPSA) is 53.7 Å². The fourth-order valence-electron chi connectivity index (χ4n) is 3.11.